The Labute approximate surface area is 81.7 Å². The van der Waals surface area contributed by atoms with Gasteiger partial charge in [-0.25, -0.2) is 4.68 Å². The number of aliphatic hydroxyl groups is 1. The summed E-state index contributed by atoms with van der Waals surface area (Å²) >= 11 is 0. The van der Waals surface area contributed by atoms with Crippen molar-refractivity contribution in [2.45, 2.75) is 25.3 Å². The van der Waals surface area contributed by atoms with Gasteiger partial charge in [-0.3, -0.25) is 4.79 Å². The number of carbonyl (C=O) groups excluding carboxylic acids is 1. The van der Waals surface area contributed by atoms with E-state index in [1.54, 1.807) is 12.3 Å². The van der Waals surface area contributed by atoms with Crippen molar-refractivity contribution in [2.24, 2.45) is 0 Å². The molecule has 1 saturated carbocycles. The number of carbonyl (C=O) groups is 1. The summed E-state index contributed by atoms with van der Waals surface area (Å²) in [5, 5.41) is 15.3. The van der Waals surface area contributed by atoms with Crippen molar-refractivity contribution in [1.82, 2.24) is 9.78 Å². The van der Waals surface area contributed by atoms with E-state index in [2.05, 4.69) is 10.4 Å². The van der Waals surface area contributed by atoms with Crippen LogP contribution in [-0.2, 0) is 4.79 Å². The lowest BCUT2D eigenvalue weighted by Crippen LogP contribution is -2.23. The fourth-order valence-electron chi connectivity index (χ4n) is 1.52. The van der Waals surface area contributed by atoms with Crippen LogP contribution in [0.4, 0.5) is 5.82 Å². The summed E-state index contributed by atoms with van der Waals surface area (Å²) in [4.78, 5) is 11.0. The molecule has 0 aliphatic heterocycles. The summed E-state index contributed by atoms with van der Waals surface area (Å²) in [6.07, 6.45) is 5.11. The Morgan fingerprint density at radius 3 is 3.07 bits per heavy atom. The molecule has 0 unspecified atom stereocenters. The van der Waals surface area contributed by atoms with Gasteiger partial charge in [-0.1, -0.05) is 0 Å². The zero-order chi connectivity index (χ0) is 9.97. The summed E-state index contributed by atoms with van der Waals surface area (Å²) in [5.74, 6) is 0.278. The molecule has 0 radical (unpaired) electrons. The molecular formula is C9H13N3O2. The van der Waals surface area contributed by atoms with Crippen molar-refractivity contribution in [3.8, 4) is 0 Å². The molecule has 0 saturated heterocycles. The molecule has 0 atom stereocenters. The van der Waals surface area contributed by atoms with Gasteiger partial charge in [0, 0.05) is 6.07 Å². The third kappa shape index (κ3) is 1.63. The molecule has 0 bridgehead atoms. The number of aliphatic hydroxyl groups excluding tert-OH is 1. The molecule has 1 fully saturated rings. The lowest BCUT2D eigenvalue weighted by Gasteiger charge is -2.27. The Kier molecular flexibility index (Phi) is 2.49. The first-order chi connectivity index (χ1) is 6.81. The first-order valence-corrected chi connectivity index (χ1v) is 4.75. The smallest absolute Gasteiger partial charge is 0.251 e. The lowest BCUT2D eigenvalue weighted by atomic mass is 9.93. The fraction of sp³-hybridized carbons (Fsp3) is 0.556. The molecule has 1 amide bonds. The van der Waals surface area contributed by atoms with Crippen LogP contribution < -0.4 is 5.32 Å². The predicted octanol–water partition coefficient (Wildman–Crippen LogP) is 0.539. The van der Waals surface area contributed by atoms with Crippen LogP contribution in [0.3, 0.4) is 0 Å². The van der Waals surface area contributed by atoms with E-state index in [1.807, 2.05) is 4.68 Å². The zero-order valence-electron chi connectivity index (χ0n) is 7.81. The molecule has 76 valence electrons. The maximum Gasteiger partial charge on any atom is 0.251 e. The van der Waals surface area contributed by atoms with Crippen LogP contribution in [0, 0.1) is 0 Å². The molecule has 2 rings (SSSR count). The highest BCUT2D eigenvalue weighted by Crippen LogP contribution is 2.32. The molecule has 1 heterocycles. The second kappa shape index (κ2) is 3.79. The Morgan fingerprint density at radius 2 is 2.50 bits per heavy atom. The molecule has 5 nitrogen and oxygen atoms in total. The second-order valence-electron chi connectivity index (χ2n) is 3.45. The summed E-state index contributed by atoms with van der Waals surface area (Å²) in [7, 11) is 0. The number of nitrogens with zero attached hydrogens (tertiary/aromatic N) is 2. The first-order valence-electron chi connectivity index (χ1n) is 4.75. The standard InChI is InChI=1S/C9H13N3O2/c13-6-9(14)11-8-4-5-10-12(8)7-2-1-3-7/h4-5,7,13H,1-3,6H2,(H,11,14). The van der Waals surface area contributed by atoms with Crippen molar-refractivity contribution in [1.29, 1.82) is 0 Å². The van der Waals surface area contributed by atoms with Crippen LogP contribution in [0.25, 0.3) is 0 Å². The van der Waals surface area contributed by atoms with Gasteiger partial charge in [-0.2, -0.15) is 5.10 Å². The second-order valence-corrected chi connectivity index (χ2v) is 3.45. The van der Waals surface area contributed by atoms with Crippen molar-refractivity contribution >= 4 is 11.7 Å². The van der Waals surface area contributed by atoms with Crippen molar-refractivity contribution in [3.63, 3.8) is 0 Å². The summed E-state index contributed by atoms with van der Waals surface area (Å²) < 4.78 is 1.82. The highest BCUT2D eigenvalue weighted by molar-refractivity contribution is 5.90. The molecule has 0 spiro atoms. The minimum Gasteiger partial charge on any atom is -0.387 e. The molecule has 1 aliphatic carbocycles. The van der Waals surface area contributed by atoms with Gasteiger partial charge in [0.1, 0.15) is 12.4 Å². The van der Waals surface area contributed by atoms with Gasteiger partial charge in [0.2, 0.25) is 0 Å². The average Bonchev–Trinajstić information content (AvgIpc) is 2.50. The number of anilines is 1. The highest BCUT2D eigenvalue weighted by Gasteiger charge is 2.22. The molecule has 5 heteroatoms. The van der Waals surface area contributed by atoms with E-state index in [0.29, 0.717) is 11.9 Å². The van der Waals surface area contributed by atoms with E-state index in [4.69, 9.17) is 5.11 Å². The van der Waals surface area contributed by atoms with Crippen molar-refractivity contribution in [3.05, 3.63) is 12.3 Å². The van der Waals surface area contributed by atoms with Crippen molar-refractivity contribution < 1.29 is 9.90 Å². The predicted molar refractivity (Wildman–Crippen MR) is 50.8 cm³/mol. The van der Waals surface area contributed by atoms with Gasteiger partial charge in [0.15, 0.2) is 0 Å². The number of amides is 1. The topological polar surface area (TPSA) is 67.2 Å². The third-order valence-electron chi connectivity index (χ3n) is 2.50. The number of hydrogen-bond acceptors (Lipinski definition) is 3. The van der Waals surface area contributed by atoms with E-state index in [0.717, 1.165) is 12.8 Å². The minimum absolute atomic E-state index is 0.397. The van der Waals surface area contributed by atoms with Crippen LogP contribution in [0.15, 0.2) is 12.3 Å². The van der Waals surface area contributed by atoms with Gasteiger partial charge in [0.25, 0.3) is 5.91 Å². The Hall–Kier alpha value is -1.36. The van der Waals surface area contributed by atoms with Gasteiger partial charge < -0.3 is 10.4 Å². The Bertz CT molecular complexity index is 331. The number of hydrogen-bond donors (Lipinski definition) is 2. The van der Waals surface area contributed by atoms with Crippen LogP contribution in [0.2, 0.25) is 0 Å². The SMILES string of the molecule is O=C(CO)Nc1ccnn1C1CCC1. The Balaban J connectivity index is 2.08. The van der Waals surface area contributed by atoms with Gasteiger partial charge in [-0.15, -0.1) is 0 Å². The maximum atomic E-state index is 11.0. The monoisotopic (exact) mass is 195 g/mol. The van der Waals surface area contributed by atoms with E-state index in [9.17, 15) is 4.79 Å². The number of nitrogens with one attached hydrogen (secondary N) is 1. The third-order valence-corrected chi connectivity index (χ3v) is 2.50. The number of aromatic nitrogens is 2. The van der Waals surface area contributed by atoms with Gasteiger partial charge >= 0.3 is 0 Å². The number of rotatable bonds is 3. The van der Waals surface area contributed by atoms with E-state index >= 15 is 0 Å². The van der Waals surface area contributed by atoms with Crippen LogP contribution >= 0.6 is 0 Å². The molecule has 2 N–H and O–H groups in total. The van der Waals surface area contributed by atoms with E-state index < -0.39 is 12.5 Å². The quantitative estimate of drug-likeness (QED) is 0.739. The van der Waals surface area contributed by atoms with E-state index in [1.165, 1.54) is 6.42 Å². The van der Waals surface area contributed by atoms with Crippen molar-refractivity contribution in [2.75, 3.05) is 11.9 Å². The van der Waals surface area contributed by atoms with Crippen LogP contribution in [0.5, 0.6) is 0 Å². The van der Waals surface area contributed by atoms with Crippen LogP contribution in [-0.4, -0.2) is 27.4 Å². The largest absolute Gasteiger partial charge is 0.387 e. The summed E-state index contributed by atoms with van der Waals surface area (Å²) in [6, 6.07) is 2.16. The molecular weight excluding hydrogens is 182 g/mol. The Morgan fingerprint density at radius 1 is 1.71 bits per heavy atom. The lowest BCUT2D eigenvalue weighted by molar-refractivity contribution is -0.118. The average molecular weight is 195 g/mol. The molecule has 14 heavy (non-hydrogen) atoms. The van der Waals surface area contributed by atoms with Gasteiger partial charge in [-0.05, 0) is 19.3 Å². The van der Waals surface area contributed by atoms with E-state index in [-0.39, 0.29) is 0 Å². The van der Waals surface area contributed by atoms with Gasteiger partial charge in [0.05, 0.1) is 12.2 Å². The summed E-state index contributed by atoms with van der Waals surface area (Å²) in [5.41, 5.74) is 0. The van der Waals surface area contributed by atoms with Crippen LogP contribution in [0.1, 0.15) is 25.3 Å². The minimum atomic E-state index is -0.490. The molecule has 0 aromatic carbocycles. The zero-order valence-corrected chi connectivity index (χ0v) is 7.81. The molecule has 1 aromatic heterocycles. The molecule has 1 aliphatic rings. The molecule has 1 aromatic rings. The summed E-state index contributed by atoms with van der Waals surface area (Å²) in [6.45, 7) is -0.490. The maximum absolute atomic E-state index is 11.0. The normalized spacial score (nSPS) is 16.4. The highest BCUT2D eigenvalue weighted by atomic mass is 16.3. The fourth-order valence-corrected chi connectivity index (χ4v) is 1.52. The first kappa shape index (κ1) is 9.21.